The smallest absolute Gasteiger partial charge is 0.235 e. The van der Waals surface area contributed by atoms with E-state index in [-0.39, 0.29) is 17.2 Å². The molecule has 26 heavy (non-hydrogen) atoms. The zero-order chi connectivity index (χ0) is 17.8. The van der Waals surface area contributed by atoms with E-state index in [1.165, 1.54) is 0 Å². The Kier molecular flexibility index (Phi) is 5.02. The van der Waals surface area contributed by atoms with E-state index in [2.05, 4.69) is 11.1 Å². The van der Waals surface area contributed by atoms with E-state index in [0.29, 0.717) is 0 Å². The summed E-state index contributed by atoms with van der Waals surface area (Å²) in [6.45, 7) is 0.763. The third kappa shape index (κ3) is 3.37. The van der Waals surface area contributed by atoms with Gasteiger partial charge in [0.05, 0.1) is 5.92 Å². The van der Waals surface area contributed by atoms with E-state index in [9.17, 15) is 4.79 Å². The first-order valence-corrected chi connectivity index (χ1v) is 9.81. The molecule has 1 aliphatic rings. The highest BCUT2D eigenvalue weighted by atomic mass is 32.2. The van der Waals surface area contributed by atoms with Crippen LogP contribution in [0.2, 0.25) is 0 Å². The SMILES string of the molecule is O=C(C(c1ccccc1)c1ccccc1)N1CCSC1c1cccnc1. The molecule has 1 atom stereocenters. The molecule has 0 aliphatic carbocycles. The average Bonchev–Trinajstić information content (AvgIpc) is 3.20. The zero-order valence-electron chi connectivity index (χ0n) is 14.4. The molecule has 2 heterocycles. The van der Waals surface area contributed by atoms with E-state index in [4.69, 9.17) is 0 Å². The van der Waals surface area contributed by atoms with E-state index in [0.717, 1.165) is 29.0 Å². The molecular formula is C22H20N2OS. The second kappa shape index (κ2) is 7.75. The summed E-state index contributed by atoms with van der Waals surface area (Å²) < 4.78 is 0. The van der Waals surface area contributed by atoms with E-state index in [1.807, 2.05) is 77.8 Å². The van der Waals surface area contributed by atoms with Gasteiger partial charge in [-0.3, -0.25) is 9.78 Å². The van der Waals surface area contributed by atoms with Crippen LogP contribution in [-0.2, 0) is 4.79 Å². The number of hydrogen-bond acceptors (Lipinski definition) is 3. The van der Waals surface area contributed by atoms with Gasteiger partial charge in [0.2, 0.25) is 5.91 Å². The summed E-state index contributed by atoms with van der Waals surface area (Å²) in [5.41, 5.74) is 3.15. The van der Waals surface area contributed by atoms with Crippen molar-refractivity contribution in [1.29, 1.82) is 0 Å². The van der Waals surface area contributed by atoms with Gasteiger partial charge in [-0.1, -0.05) is 66.7 Å². The number of hydrogen-bond donors (Lipinski definition) is 0. The van der Waals surface area contributed by atoms with Crippen molar-refractivity contribution in [2.45, 2.75) is 11.3 Å². The van der Waals surface area contributed by atoms with Gasteiger partial charge in [-0.25, -0.2) is 0 Å². The molecule has 1 amide bonds. The summed E-state index contributed by atoms with van der Waals surface area (Å²) in [4.78, 5) is 19.9. The Hall–Kier alpha value is -2.59. The second-order valence-corrected chi connectivity index (χ2v) is 7.48. The van der Waals surface area contributed by atoms with Crippen LogP contribution in [0.4, 0.5) is 0 Å². The first-order valence-electron chi connectivity index (χ1n) is 8.76. The maximum Gasteiger partial charge on any atom is 0.235 e. The normalized spacial score (nSPS) is 16.8. The van der Waals surface area contributed by atoms with Crippen molar-refractivity contribution in [3.63, 3.8) is 0 Å². The summed E-state index contributed by atoms with van der Waals surface area (Å²) in [6, 6.07) is 24.1. The Labute approximate surface area is 158 Å². The van der Waals surface area contributed by atoms with Crippen LogP contribution < -0.4 is 0 Å². The Balaban J connectivity index is 1.71. The van der Waals surface area contributed by atoms with E-state index >= 15 is 0 Å². The summed E-state index contributed by atoms with van der Waals surface area (Å²) in [7, 11) is 0. The highest BCUT2D eigenvalue weighted by molar-refractivity contribution is 7.99. The maximum atomic E-state index is 13.6. The van der Waals surface area contributed by atoms with Gasteiger partial charge in [0.15, 0.2) is 0 Å². The molecular weight excluding hydrogens is 340 g/mol. The van der Waals surface area contributed by atoms with Crippen LogP contribution in [0.15, 0.2) is 85.2 Å². The Morgan fingerprint density at radius 3 is 2.19 bits per heavy atom. The quantitative estimate of drug-likeness (QED) is 0.687. The standard InChI is InChI=1S/C22H20N2OS/c25-21(24-14-15-26-22(24)19-12-7-13-23-16-19)20(17-8-3-1-4-9-17)18-10-5-2-6-11-18/h1-13,16,20,22H,14-15H2. The van der Waals surface area contributed by atoms with Gasteiger partial charge in [-0.05, 0) is 17.2 Å². The Morgan fingerprint density at radius 1 is 0.962 bits per heavy atom. The first kappa shape index (κ1) is 16.9. The predicted molar refractivity (Wildman–Crippen MR) is 106 cm³/mol. The van der Waals surface area contributed by atoms with Crippen LogP contribution in [0, 0.1) is 0 Å². The third-order valence-corrected chi connectivity index (χ3v) is 5.92. The molecule has 1 fully saturated rings. The monoisotopic (exact) mass is 360 g/mol. The van der Waals surface area contributed by atoms with Gasteiger partial charge in [0, 0.05) is 30.3 Å². The fraction of sp³-hybridized carbons (Fsp3) is 0.182. The molecule has 4 heteroatoms. The lowest BCUT2D eigenvalue weighted by Gasteiger charge is -2.29. The van der Waals surface area contributed by atoms with Crippen molar-refractivity contribution in [1.82, 2.24) is 9.88 Å². The fourth-order valence-electron chi connectivity index (χ4n) is 3.43. The number of thioether (sulfide) groups is 1. The minimum absolute atomic E-state index is 0.0334. The number of benzene rings is 2. The summed E-state index contributed by atoms with van der Waals surface area (Å²) in [5.74, 6) is 0.818. The summed E-state index contributed by atoms with van der Waals surface area (Å²) in [6.07, 6.45) is 3.63. The minimum atomic E-state index is -0.282. The lowest BCUT2D eigenvalue weighted by atomic mass is 9.90. The Morgan fingerprint density at radius 2 is 1.62 bits per heavy atom. The topological polar surface area (TPSA) is 33.2 Å². The lowest BCUT2D eigenvalue weighted by molar-refractivity contribution is -0.132. The van der Waals surface area contributed by atoms with Crippen LogP contribution in [-0.4, -0.2) is 28.1 Å². The van der Waals surface area contributed by atoms with Gasteiger partial charge in [0.1, 0.15) is 5.37 Å². The molecule has 0 saturated carbocycles. The second-order valence-electron chi connectivity index (χ2n) is 6.30. The molecule has 4 rings (SSSR count). The number of rotatable bonds is 4. The third-order valence-electron chi connectivity index (χ3n) is 4.66. The van der Waals surface area contributed by atoms with Gasteiger partial charge >= 0.3 is 0 Å². The molecule has 0 spiro atoms. The molecule has 1 aliphatic heterocycles. The number of nitrogens with zero attached hydrogens (tertiary/aromatic N) is 2. The Bertz CT molecular complexity index is 816. The molecule has 0 bridgehead atoms. The van der Waals surface area contributed by atoms with Crippen LogP contribution in [0.5, 0.6) is 0 Å². The van der Waals surface area contributed by atoms with E-state index in [1.54, 1.807) is 18.0 Å². The predicted octanol–water partition coefficient (Wildman–Crippen LogP) is 4.49. The molecule has 0 N–H and O–H groups in total. The first-order chi connectivity index (χ1) is 12.8. The van der Waals surface area contributed by atoms with Crippen molar-refractivity contribution in [3.05, 3.63) is 102 Å². The van der Waals surface area contributed by atoms with Gasteiger partial charge in [0.25, 0.3) is 0 Å². The van der Waals surface area contributed by atoms with Crippen LogP contribution in [0.25, 0.3) is 0 Å². The van der Waals surface area contributed by atoms with Crippen molar-refractivity contribution in [3.8, 4) is 0 Å². The maximum absolute atomic E-state index is 13.6. The molecule has 2 aromatic carbocycles. The summed E-state index contributed by atoms with van der Waals surface area (Å²) in [5, 5.41) is 0.0334. The number of carbonyl (C=O) groups excluding carboxylic acids is 1. The molecule has 3 nitrogen and oxygen atoms in total. The highest BCUT2D eigenvalue weighted by Crippen LogP contribution is 2.40. The number of pyridine rings is 1. The number of carbonyl (C=O) groups is 1. The average molecular weight is 360 g/mol. The van der Waals surface area contributed by atoms with Gasteiger partial charge in [-0.15, -0.1) is 11.8 Å². The van der Waals surface area contributed by atoms with Crippen LogP contribution >= 0.6 is 11.8 Å². The van der Waals surface area contributed by atoms with Crippen molar-refractivity contribution >= 4 is 17.7 Å². The molecule has 1 aromatic heterocycles. The fourth-order valence-corrected chi connectivity index (χ4v) is 4.67. The van der Waals surface area contributed by atoms with Crippen LogP contribution in [0.1, 0.15) is 28.0 Å². The molecule has 130 valence electrons. The van der Waals surface area contributed by atoms with Gasteiger partial charge in [-0.2, -0.15) is 0 Å². The lowest BCUT2D eigenvalue weighted by Crippen LogP contribution is -2.35. The molecule has 3 aromatic rings. The van der Waals surface area contributed by atoms with Crippen molar-refractivity contribution < 1.29 is 4.79 Å². The van der Waals surface area contributed by atoms with E-state index < -0.39 is 0 Å². The van der Waals surface area contributed by atoms with Crippen molar-refractivity contribution in [2.75, 3.05) is 12.3 Å². The van der Waals surface area contributed by atoms with Gasteiger partial charge < -0.3 is 4.90 Å². The van der Waals surface area contributed by atoms with Crippen LogP contribution in [0.3, 0.4) is 0 Å². The minimum Gasteiger partial charge on any atom is -0.325 e. The highest BCUT2D eigenvalue weighted by Gasteiger charge is 2.35. The summed E-state index contributed by atoms with van der Waals surface area (Å²) >= 11 is 1.80. The molecule has 0 radical (unpaired) electrons. The molecule has 1 unspecified atom stereocenters. The zero-order valence-corrected chi connectivity index (χ0v) is 15.2. The number of amides is 1. The van der Waals surface area contributed by atoms with Crippen molar-refractivity contribution in [2.24, 2.45) is 0 Å². The molecule has 1 saturated heterocycles. The largest absolute Gasteiger partial charge is 0.325 e. The number of aromatic nitrogens is 1.